The van der Waals surface area contributed by atoms with Gasteiger partial charge in [0.2, 0.25) is 0 Å². The van der Waals surface area contributed by atoms with Gasteiger partial charge in [-0.2, -0.15) is 0 Å². The van der Waals surface area contributed by atoms with Crippen LogP contribution in [0.3, 0.4) is 0 Å². The summed E-state index contributed by atoms with van der Waals surface area (Å²) < 4.78 is 18.7. The lowest BCUT2D eigenvalue weighted by Crippen LogP contribution is -2.46. The van der Waals surface area contributed by atoms with E-state index in [4.69, 9.17) is 21.4 Å². The number of rotatable bonds is 3. The van der Waals surface area contributed by atoms with Gasteiger partial charge >= 0.3 is 12.0 Å². The molecule has 1 aromatic rings. The highest BCUT2D eigenvalue weighted by molar-refractivity contribution is 6.30. The number of amides is 2. The molecule has 2 N–H and O–H groups in total. The van der Waals surface area contributed by atoms with Crippen molar-refractivity contribution in [2.24, 2.45) is 5.92 Å². The molecule has 114 valence electrons. The van der Waals surface area contributed by atoms with Gasteiger partial charge in [-0.3, -0.25) is 4.79 Å². The quantitative estimate of drug-likeness (QED) is 0.894. The lowest BCUT2D eigenvalue weighted by atomic mass is 10.0. The number of ether oxygens (including phenoxy) is 1. The minimum atomic E-state index is -1.03. The first-order valence-electron chi connectivity index (χ1n) is 6.19. The van der Waals surface area contributed by atoms with E-state index >= 15 is 0 Å². The van der Waals surface area contributed by atoms with E-state index in [9.17, 15) is 14.0 Å². The highest BCUT2D eigenvalue weighted by atomic mass is 35.5. The molecule has 1 aromatic carbocycles. The van der Waals surface area contributed by atoms with Crippen LogP contribution in [0.4, 0.5) is 14.9 Å². The van der Waals surface area contributed by atoms with Crippen molar-refractivity contribution in [1.82, 2.24) is 4.90 Å². The maximum atomic E-state index is 13.6. The predicted octanol–water partition coefficient (Wildman–Crippen LogP) is 2.04. The molecule has 21 heavy (non-hydrogen) atoms. The first-order valence-corrected chi connectivity index (χ1v) is 6.57. The number of carboxylic acids is 1. The van der Waals surface area contributed by atoms with Crippen molar-refractivity contribution in [3.63, 3.8) is 0 Å². The van der Waals surface area contributed by atoms with Crippen LogP contribution in [0.5, 0.6) is 0 Å². The number of carbonyl (C=O) groups is 2. The molecule has 2 rings (SSSR count). The maximum absolute atomic E-state index is 13.6. The summed E-state index contributed by atoms with van der Waals surface area (Å²) in [6.45, 7) is 0.177. The molecule has 0 spiro atoms. The molecule has 2 unspecified atom stereocenters. The predicted molar refractivity (Wildman–Crippen MR) is 73.9 cm³/mol. The number of aliphatic carboxylic acids is 1. The summed E-state index contributed by atoms with van der Waals surface area (Å²) in [5.41, 5.74) is -0.0259. The van der Waals surface area contributed by atoms with Gasteiger partial charge in [-0.15, -0.1) is 0 Å². The Balaban J connectivity index is 2.07. The molecule has 8 heteroatoms. The number of carbonyl (C=O) groups excluding carboxylic acids is 1. The van der Waals surface area contributed by atoms with Gasteiger partial charge in [0.05, 0.1) is 24.9 Å². The van der Waals surface area contributed by atoms with E-state index in [-0.39, 0.29) is 23.9 Å². The monoisotopic (exact) mass is 316 g/mol. The number of benzene rings is 1. The Kier molecular flexibility index (Phi) is 4.64. The van der Waals surface area contributed by atoms with Crippen LogP contribution < -0.4 is 5.32 Å². The zero-order valence-electron chi connectivity index (χ0n) is 11.2. The number of hydrogen-bond acceptors (Lipinski definition) is 3. The number of hydrogen-bond donors (Lipinski definition) is 2. The fourth-order valence-electron chi connectivity index (χ4n) is 2.11. The second-order valence-corrected chi connectivity index (χ2v) is 5.15. The molecular formula is C13H14ClFN2O4. The summed E-state index contributed by atoms with van der Waals surface area (Å²) in [7, 11) is 1.44. The average Bonchev–Trinajstić information content (AvgIpc) is 2.90. The summed E-state index contributed by atoms with van der Waals surface area (Å²) in [5, 5.41) is 11.7. The maximum Gasteiger partial charge on any atom is 0.322 e. The first kappa shape index (κ1) is 15.5. The van der Waals surface area contributed by atoms with Gasteiger partial charge in [0.25, 0.3) is 0 Å². The van der Waals surface area contributed by atoms with Gasteiger partial charge in [0.1, 0.15) is 11.7 Å². The van der Waals surface area contributed by atoms with E-state index in [1.807, 2.05) is 0 Å². The van der Waals surface area contributed by atoms with Gasteiger partial charge in [-0.05, 0) is 18.2 Å². The van der Waals surface area contributed by atoms with Crippen LogP contribution in [0.1, 0.15) is 0 Å². The molecule has 0 radical (unpaired) electrons. The van der Waals surface area contributed by atoms with Gasteiger partial charge in [-0.25, -0.2) is 9.18 Å². The van der Waals surface area contributed by atoms with Crippen molar-refractivity contribution in [3.05, 3.63) is 29.0 Å². The third kappa shape index (κ3) is 3.43. The Morgan fingerprint density at radius 2 is 2.19 bits per heavy atom. The second-order valence-electron chi connectivity index (χ2n) is 4.71. The van der Waals surface area contributed by atoms with Crippen LogP contribution >= 0.6 is 11.6 Å². The van der Waals surface area contributed by atoms with Crippen LogP contribution in [-0.4, -0.2) is 48.3 Å². The number of nitrogens with one attached hydrogen (secondary N) is 1. The highest BCUT2D eigenvalue weighted by Gasteiger charge is 2.38. The molecular weight excluding hydrogens is 303 g/mol. The molecule has 0 bridgehead atoms. The molecule has 2 amide bonds. The fourth-order valence-corrected chi connectivity index (χ4v) is 2.26. The Bertz CT molecular complexity index is 569. The number of nitrogens with zero attached hydrogens (tertiary/aromatic N) is 1. The van der Waals surface area contributed by atoms with Crippen molar-refractivity contribution < 1.29 is 23.8 Å². The number of anilines is 1. The number of halogens is 2. The van der Waals surface area contributed by atoms with Crippen molar-refractivity contribution in [3.8, 4) is 0 Å². The van der Waals surface area contributed by atoms with E-state index in [1.165, 1.54) is 24.1 Å². The average molecular weight is 317 g/mol. The minimum Gasteiger partial charge on any atom is -0.481 e. The Morgan fingerprint density at radius 3 is 2.81 bits per heavy atom. The van der Waals surface area contributed by atoms with Crippen LogP contribution in [0.25, 0.3) is 0 Å². The zero-order chi connectivity index (χ0) is 15.6. The normalized spacial score (nSPS) is 21.1. The van der Waals surface area contributed by atoms with E-state index < -0.39 is 29.8 Å². The standard InChI is InChI=1S/C13H14ClFN2O4/c1-17(11-6-21-5-8(11)12(18)19)13(20)16-10-3-2-7(14)4-9(10)15/h2-4,8,11H,5-6H2,1H3,(H,16,20)(H,18,19). The van der Waals surface area contributed by atoms with E-state index in [1.54, 1.807) is 0 Å². The molecule has 1 aliphatic heterocycles. The summed E-state index contributed by atoms with van der Waals surface area (Å²) >= 11 is 5.63. The summed E-state index contributed by atoms with van der Waals surface area (Å²) in [5.74, 6) is -2.49. The van der Waals surface area contributed by atoms with Crippen molar-refractivity contribution in [2.75, 3.05) is 25.6 Å². The first-order chi connectivity index (χ1) is 9.90. The van der Waals surface area contributed by atoms with Crippen molar-refractivity contribution in [1.29, 1.82) is 0 Å². The van der Waals surface area contributed by atoms with E-state index in [0.29, 0.717) is 0 Å². The van der Waals surface area contributed by atoms with E-state index in [0.717, 1.165) is 6.07 Å². The van der Waals surface area contributed by atoms with Gasteiger partial charge in [0.15, 0.2) is 0 Å². The summed E-state index contributed by atoms with van der Waals surface area (Å²) in [6.07, 6.45) is 0. The Labute approximate surface area is 125 Å². The molecule has 0 aliphatic carbocycles. The minimum absolute atomic E-state index is 0.0259. The van der Waals surface area contributed by atoms with Gasteiger partial charge < -0.3 is 20.1 Å². The van der Waals surface area contributed by atoms with Crippen LogP contribution in [0, 0.1) is 11.7 Å². The largest absolute Gasteiger partial charge is 0.481 e. The third-order valence-electron chi connectivity index (χ3n) is 3.36. The van der Waals surface area contributed by atoms with E-state index in [2.05, 4.69) is 5.32 Å². The Hall–Kier alpha value is -1.86. The topological polar surface area (TPSA) is 78.9 Å². The highest BCUT2D eigenvalue weighted by Crippen LogP contribution is 2.22. The molecule has 1 saturated heterocycles. The molecule has 0 aromatic heterocycles. The SMILES string of the molecule is CN(C(=O)Nc1ccc(Cl)cc1F)C1COCC1C(=O)O. The Morgan fingerprint density at radius 1 is 1.48 bits per heavy atom. The molecule has 1 fully saturated rings. The van der Waals surface area contributed by atoms with Crippen molar-refractivity contribution in [2.45, 2.75) is 6.04 Å². The van der Waals surface area contributed by atoms with Crippen LogP contribution in [0.2, 0.25) is 5.02 Å². The summed E-state index contributed by atoms with van der Waals surface area (Å²) in [6, 6.07) is 2.65. The number of carboxylic acid groups (broad SMARTS) is 1. The second kappa shape index (κ2) is 6.28. The smallest absolute Gasteiger partial charge is 0.322 e. The lowest BCUT2D eigenvalue weighted by Gasteiger charge is -2.26. The van der Waals surface area contributed by atoms with Gasteiger partial charge in [-0.1, -0.05) is 11.6 Å². The molecule has 1 aliphatic rings. The van der Waals surface area contributed by atoms with Crippen LogP contribution in [0.15, 0.2) is 18.2 Å². The zero-order valence-corrected chi connectivity index (χ0v) is 11.9. The fraction of sp³-hybridized carbons (Fsp3) is 0.385. The molecule has 0 saturated carbocycles. The van der Waals surface area contributed by atoms with Crippen LogP contribution in [-0.2, 0) is 9.53 Å². The molecule has 1 heterocycles. The third-order valence-corrected chi connectivity index (χ3v) is 3.59. The van der Waals surface area contributed by atoms with Crippen molar-refractivity contribution >= 4 is 29.3 Å². The number of urea groups is 1. The summed E-state index contributed by atoms with van der Waals surface area (Å²) in [4.78, 5) is 24.4. The molecule has 6 nitrogen and oxygen atoms in total. The van der Waals surface area contributed by atoms with Gasteiger partial charge in [0, 0.05) is 12.1 Å². The molecule has 2 atom stereocenters. The number of likely N-dealkylation sites (N-methyl/N-ethyl adjacent to an activating group) is 1. The lowest BCUT2D eigenvalue weighted by molar-refractivity contribution is -0.142.